The van der Waals surface area contributed by atoms with Gasteiger partial charge in [0.05, 0.1) is 0 Å². The molecule has 1 N–H and O–H groups in total. The Bertz CT molecular complexity index is 379. The lowest BCUT2D eigenvalue weighted by atomic mass is 9.89. The fraction of sp³-hybridized carbons (Fsp3) is 0.538. The van der Waals surface area contributed by atoms with Crippen molar-refractivity contribution in [3.63, 3.8) is 0 Å². The van der Waals surface area contributed by atoms with Crippen molar-refractivity contribution in [2.24, 2.45) is 17.8 Å². The number of hydrogen-bond acceptors (Lipinski definition) is 1. The van der Waals surface area contributed by atoms with E-state index in [9.17, 15) is 5.11 Å². The average molecular weight is 188 g/mol. The molecule has 1 aromatic carbocycles. The summed E-state index contributed by atoms with van der Waals surface area (Å²) in [5.41, 5.74) is 1.83. The average Bonchev–Trinajstić information content (AvgIpc) is 3.02. The number of fused-ring (bicyclic) bond motifs is 1. The molecule has 0 aliphatic heterocycles. The topological polar surface area (TPSA) is 20.2 Å². The Morgan fingerprint density at radius 2 is 2.21 bits per heavy atom. The van der Waals surface area contributed by atoms with Crippen molar-refractivity contribution in [3.8, 4) is 5.75 Å². The van der Waals surface area contributed by atoms with Gasteiger partial charge in [0.1, 0.15) is 5.75 Å². The molecule has 0 spiro atoms. The number of benzene rings is 1. The highest BCUT2D eigenvalue weighted by Crippen LogP contribution is 2.84. The number of rotatable bonds is 2. The molecule has 0 radical (unpaired) electrons. The van der Waals surface area contributed by atoms with Crippen molar-refractivity contribution in [1.82, 2.24) is 0 Å². The first-order chi connectivity index (χ1) is 6.72. The molecule has 0 bridgehead atoms. The molecule has 1 aromatic rings. The van der Waals surface area contributed by atoms with E-state index in [0.29, 0.717) is 11.2 Å². The fourth-order valence-electron chi connectivity index (χ4n) is 3.74. The molecule has 2 fully saturated rings. The van der Waals surface area contributed by atoms with Crippen LogP contribution in [-0.2, 0) is 5.41 Å². The summed E-state index contributed by atoms with van der Waals surface area (Å²) in [6, 6.07) is 7.84. The highest BCUT2D eigenvalue weighted by atomic mass is 16.3. The van der Waals surface area contributed by atoms with E-state index in [1.807, 2.05) is 12.1 Å². The summed E-state index contributed by atoms with van der Waals surface area (Å²) >= 11 is 0. The van der Waals surface area contributed by atoms with Crippen LogP contribution in [0.15, 0.2) is 24.3 Å². The molecule has 4 atom stereocenters. The van der Waals surface area contributed by atoms with Gasteiger partial charge in [0.25, 0.3) is 0 Å². The monoisotopic (exact) mass is 188 g/mol. The molecular weight excluding hydrogens is 172 g/mol. The first-order valence-corrected chi connectivity index (χ1v) is 5.52. The lowest BCUT2D eigenvalue weighted by Crippen LogP contribution is -2.09. The first kappa shape index (κ1) is 8.34. The lowest BCUT2D eigenvalue weighted by molar-refractivity contribution is 0.449. The smallest absolute Gasteiger partial charge is 0.115 e. The Morgan fingerprint density at radius 1 is 1.43 bits per heavy atom. The Balaban J connectivity index is 1.97. The molecular formula is C13H16O. The fourth-order valence-corrected chi connectivity index (χ4v) is 3.74. The van der Waals surface area contributed by atoms with Gasteiger partial charge in [0.15, 0.2) is 0 Å². The van der Waals surface area contributed by atoms with E-state index in [2.05, 4.69) is 19.9 Å². The molecule has 0 amide bonds. The van der Waals surface area contributed by atoms with Gasteiger partial charge in [-0.15, -0.1) is 0 Å². The number of aromatic hydroxyl groups is 1. The molecule has 3 rings (SSSR count). The van der Waals surface area contributed by atoms with Gasteiger partial charge in [-0.05, 0) is 35.4 Å². The second-order valence-corrected chi connectivity index (χ2v) is 4.81. The first-order valence-electron chi connectivity index (χ1n) is 5.52. The van der Waals surface area contributed by atoms with Crippen LogP contribution in [-0.4, -0.2) is 5.11 Å². The van der Waals surface area contributed by atoms with Crippen molar-refractivity contribution in [3.05, 3.63) is 29.8 Å². The zero-order valence-electron chi connectivity index (χ0n) is 8.70. The van der Waals surface area contributed by atoms with E-state index in [1.54, 1.807) is 6.07 Å². The Morgan fingerprint density at radius 3 is 2.71 bits per heavy atom. The molecule has 74 valence electrons. The van der Waals surface area contributed by atoms with Gasteiger partial charge in [0, 0.05) is 5.41 Å². The minimum Gasteiger partial charge on any atom is -0.508 e. The van der Waals surface area contributed by atoms with Gasteiger partial charge in [-0.25, -0.2) is 0 Å². The van der Waals surface area contributed by atoms with Crippen LogP contribution < -0.4 is 0 Å². The second kappa shape index (κ2) is 2.33. The van der Waals surface area contributed by atoms with Crippen LogP contribution in [0.1, 0.15) is 25.8 Å². The van der Waals surface area contributed by atoms with Crippen molar-refractivity contribution in [2.75, 3.05) is 0 Å². The van der Waals surface area contributed by atoms with E-state index >= 15 is 0 Å². The van der Waals surface area contributed by atoms with Crippen LogP contribution in [0.4, 0.5) is 0 Å². The summed E-state index contributed by atoms with van der Waals surface area (Å²) < 4.78 is 0. The van der Waals surface area contributed by atoms with E-state index in [1.165, 1.54) is 12.0 Å². The molecule has 1 heteroatoms. The Kier molecular flexibility index (Phi) is 1.39. The number of phenolic OH excluding ortho intramolecular Hbond substituents is 1. The maximum absolute atomic E-state index is 9.47. The molecule has 0 saturated heterocycles. The van der Waals surface area contributed by atoms with E-state index < -0.39 is 0 Å². The Hall–Kier alpha value is -0.980. The SMILES string of the molecule is CC[C@@H]1C2C(C)C21c1cccc(O)c1. The quantitative estimate of drug-likeness (QED) is 0.756. The predicted octanol–water partition coefficient (Wildman–Crippen LogP) is 2.94. The van der Waals surface area contributed by atoms with Crippen molar-refractivity contribution in [2.45, 2.75) is 25.7 Å². The molecule has 1 nitrogen and oxygen atoms in total. The molecule has 2 saturated carbocycles. The minimum atomic E-state index is 0.413. The van der Waals surface area contributed by atoms with Crippen LogP contribution in [0.2, 0.25) is 0 Å². The van der Waals surface area contributed by atoms with Gasteiger partial charge in [-0.1, -0.05) is 32.4 Å². The summed E-state index contributed by atoms with van der Waals surface area (Å²) in [6.45, 7) is 4.61. The Labute approximate surface area is 84.8 Å². The zero-order valence-corrected chi connectivity index (χ0v) is 8.70. The molecule has 0 aromatic heterocycles. The number of phenols is 1. The third kappa shape index (κ3) is 0.727. The van der Waals surface area contributed by atoms with Crippen LogP contribution in [0, 0.1) is 17.8 Å². The van der Waals surface area contributed by atoms with Crippen molar-refractivity contribution >= 4 is 0 Å². The van der Waals surface area contributed by atoms with Crippen molar-refractivity contribution in [1.29, 1.82) is 0 Å². The van der Waals surface area contributed by atoms with Gasteiger partial charge < -0.3 is 5.11 Å². The summed E-state index contributed by atoms with van der Waals surface area (Å²) in [7, 11) is 0. The van der Waals surface area contributed by atoms with E-state index in [4.69, 9.17) is 0 Å². The lowest BCUT2D eigenvalue weighted by Gasteiger charge is -2.15. The van der Waals surface area contributed by atoms with Crippen LogP contribution >= 0.6 is 0 Å². The van der Waals surface area contributed by atoms with Gasteiger partial charge in [0.2, 0.25) is 0 Å². The third-order valence-corrected chi connectivity index (χ3v) is 4.46. The minimum absolute atomic E-state index is 0.413. The molecule has 2 aliphatic rings. The van der Waals surface area contributed by atoms with Gasteiger partial charge in [-0.3, -0.25) is 0 Å². The van der Waals surface area contributed by atoms with Crippen molar-refractivity contribution < 1.29 is 5.11 Å². The van der Waals surface area contributed by atoms with Crippen LogP contribution in [0.3, 0.4) is 0 Å². The standard InChI is InChI=1S/C13H16O/c1-3-11-12-8(2)13(11,12)9-5-4-6-10(14)7-9/h4-8,11-12,14H,3H2,1-2H3/t8?,11-,12?,13?/m1/s1. The highest BCUT2D eigenvalue weighted by molar-refractivity contribution is 5.51. The normalized spacial score (nSPS) is 43.1. The maximum atomic E-state index is 9.47. The highest BCUT2D eigenvalue weighted by Gasteiger charge is 2.83. The predicted molar refractivity (Wildman–Crippen MR) is 56.2 cm³/mol. The second-order valence-electron chi connectivity index (χ2n) is 4.81. The van der Waals surface area contributed by atoms with E-state index in [0.717, 1.165) is 17.8 Å². The van der Waals surface area contributed by atoms with Crippen LogP contribution in [0.5, 0.6) is 5.75 Å². The maximum Gasteiger partial charge on any atom is 0.115 e. The van der Waals surface area contributed by atoms with E-state index in [-0.39, 0.29) is 0 Å². The summed E-state index contributed by atoms with van der Waals surface area (Å²) in [6.07, 6.45) is 1.28. The molecule has 14 heavy (non-hydrogen) atoms. The van der Waals surface area contributed by atoms with Gasteiger partial charge in [-0.2, -0.15) is 0 Å². The molecule has 3 unspecified atom stereocenters. The molecule has 2 aliphatic carbocycles. The zero-order chi connectivity index (χ0) is 9.92. The summed E-state index contributed by atoms with van der Waals surface area (Å²) in [4.78, 5) is 0. The number of hydrogen-bond donors (Lipinski definition) is 1. The summed E-state index contributed by atoms with van der Waals surface area (Å²) in [5, 5.41) is 9.47. The molecule has 0 heterocycles. The van der Waals surface area contributed by atoms with Crippen LogP contribution in [0.25, 0.3) is 0 Å². The summed E-state index contributed by atoms with van der Waals surface area (Å²) in [5.74, 6) is 3.05. The third-order valence-electron chi connectivity index (χ3n) is 4.46. The van der Waals surface area contributed by atoms with Gasteiger partial charge >= 0.3 is 0 Å². The largest absolute Gasteiger partial charge is 0.508 e.